The van der Waals surface area contributed by atoms with Crippen LogP contribution < -0.4 is 5.32 Å². The standard InChI is InChI=1S/C73H135N2O6P/c1-6-8-10-12-14-16-18-20-22-24-26-28-30-32-34-36-37-39-41-43-45-47-49-51-53-55-57-59-61-63-65-67-73(77)74-71(70-81-82(78,79)80-69-68-75(3,4)5)72(76)66-64-62-60-58-56-54-52-50-48-46-44-42-40-38-35-33-31-29-27-25-23-21-19-17-15-13-11-9-7-2/h8,10,14,16,20,22,26,28,32,34,56,58,64,66,71-72,76H,6-7,9,11-13,15,17-19,21,23-25,27,29-31,33,35-55,57,59-63,65,67-70H2,1-5H3,(H-,74,77,78,79)/p+1/b10-8-,16-14-,22-20-,28-26-,34-32-,58-56+,66-64+. The van der Waals surface area contributed by atoms with Crippen molar-refractivity contribution in [3.63, 3.8) is 0 Å². The molecule has 3 atom stereocenters. The van der Waals surface area contributed by atoms with Crippen molar-refractivity contribution in [2.24, 2.45) is 0 Å². The Bertz CT molecular complexity index is 1610. The van der Waals surface area contributed by atoms with E-state index in [1.165, 1.54) is 231 Å². The van der Waals surface area contributed by atoms with Gasteiger partial charge in [0, 0.05) is 6.42 Å². The molecule has 478 valence electrons. The number of allylic oxidation sites excluding steroid dienone is 13. The van der Waals surface area contributed by atoms with E-state index in [9.17, 15) is 19.4 Å². The Hall–Kier alpha value is -2.32. The molecule has 0 fully saturated rings. The Morgan fingerprint density at radius 3 is 1.12 bits per heavy atom. The number of carbonyl (C=O) groups is 1. The van der Waals surface area contributed by atoms with Crippen LogP contribution in [0, 0.1) is 0 Å². The Morgan fingerprint density at radius 2 is 0.744 bits per heavy atom. The number of carbonyl (C=O) groups excluding carboxylic acids is 1. The van der Waals surface area contributed by atoms with Crippen molar-refractivity contribution in [2.45, 2.75) is 334 Å². The summed E-state index contributed by atoms with van der Waals surface area (Å²) in [4.78, 5) is 23.4. The van der Waals surface area contributed by atoms with Gasteiger partial charge in [0.15, 0.2) is 0 Å². The van der Waals surface area contributed by atoms with Gasteiger partial charge in [-0.25, -0.2) is 4.57 Å². The number of rotatable bonds is 64. The zero-order chi connectivity index (χ0) is 59.8. The van der Waals surface area contributed by atoms with Crippen LogP contribution in [0.5, 0.6) is 0 Å². The van der Waals surface area contributed by atoms with Gasteiger partial charge < -0.3 is 19.8 Å². The zero-order valence-corrected chi connectivity index (χ0v) is 55.6. The van der Waals surface area contributed by atoms with E-state index in [4.69, 9.17) is 9.05 Å². The van der Waals surface area contributed by atoms with Gasteiger partial charge in [-0.1, -0.05) is 324 Å². The first-order valence-electron chi connectivity index (χ1n) is 35.0. The van der Waals surface area contributed by atoms with Gasteiger partial charge in [-0.3, -0.25) is 13.8 Å². The van der Waals surface area contributed by atoms with Crippen molar-refractivity contribution in [3.8, 4) is 0 Å². The minimum atomic E-state index is -4.37. The summed E-state index contributed by atoms with van der Waals surface area (Å²) in [5, 5.41) is 14.0. The molecule has 0 aromatic carbocycles. The normalized spacial score (nSPS) is 14.2. The van der Waals surface area contributed by atoms with Crippen molar-refractivity contribution in [1.82, 2.24) is 5.32 Å². The monoisotopic (exact) mass is 1170 g/mol. The van der Waals surface area contributed by atoms with Crippen LogP contribution in [-0.4, -0.2) is 73.4 Å². The summed E-state index contributed by atoms with van der Waals surface area (Å²) in [5.41, 5.74) is 0. The van der Waals surface area contributed by atoms with Crippen LogP contribution in [0.25, 0.3) is 0 Å². The van der Waals surface area contributed by atoms with Gasteiger partial charge in [0.1, 0.15) is 13.2 Å². The Balaban J connectivity index is 4.11. The fourth-order valence-corrected chi connectivity index (χ4v) is 10.9. The van der Waals surface area contributed by atoms with Gasteiger partial charge in [0.05, 0.1) is 39.9 Å². The largest absolute Gasteiger partial charge is 0.472 e. The molecular weight excluding hydrogens is 1030 g/mol. The number of aliphatic hydroxyl groups is 1. The molecule has 0 aromatic heterocycles. The fourth-order valence-electron chi connectivity index (χ4n) is 10.2. The molecule has 9 heteroatoms. The Morgan fingerprint density at radius 1 is 0.427 bits per heavy atom. The summed E-state index contributed by atoms with van der Waals surface area (Å²) in [6.45, 7) is 4.72. The molecule has 0 aliphatic heterocycles. The van der Waals surface area contributed by atoms with Crippen LogP contribution in [0.4, 0.5) is 0 Å². The van der Waals surface area contributed by atoms with Crippen LogP contribution in [0.15, 0.2) is 85.1 Å². The first-order chi connectivity index (χ1) is 40.0. The van der Waals surface area contributed by atoms with Gasteiger partial charge in [-0.2, -0.15) is 0 Å². The molecule has 8 nitrogen and oxygen atoms in total. The van der Waals surface area contributed by atoms with Crippen LogP contribution in [0.2, 0.25) is 0 Å². The summed E-state index contributed by atoms with van der Waals surface area (Å²) in [6, 6.07) is -0.869. The van der Waals surface area contributed by atoms with Crippen LogP contribution in [-0.2, 0) is 18.4 Å². The van der Waals surface area contributed by atoms with E-state index in [2.05, 4.69) is 92.1 Å². The third kappa shape index (κ3) is 65.2. The molecule has 0 spiro atoms. The van der Waals surface area contributed by atoms with Crippen molar-refractivity contribution >= 4 is 13.7 Å². The van der Waals surface area contributed by atoms with Crippen molar-refractivity contribution in [3.05, 3.63) is 85.1 Å². The lowest BCUT2D eigenvalue weighted by atomic mass is 10.0. The van der Waals surface area contributed by atoms with Gasteiger partial charge in [0.25, 0.3) is 0 Å². The highest BCUT2D eigenvalue weighted by Crippen LogP contribution is 2.43. The van der Waals surface area contributed by atoms with E-state index in [-0.39, 0.29) is 19.1 Å². The van der Waals surface area contributed by atoms with E-state index >= 15 is 0 Å². The van der Waals surface area contributed by atoms with Crippen LogP contribution >= 0.6 is 7.82 Å². The molecule has 0 saturated heterocycles. The average Bonchev–Trinajstić information content (AvgIpc) is 3.47. The number of aliphatic hydroxyl groups excluding tert-OH is 1. The third-order valence-corrected chi connectivity index (χ3v) is 16.6. The minimum Gasteiger partial charge on any atom is -0.387 e. The van der Waals surface area contributed by atoms with E-state index in [0.29, 0.717) is 17.4 Å². The second-order valence-electron chi connectivity index (χ2n) is 24.9. The number of phosphoric ester groups is 1. The van der Waals surface area contributed by atoms with Gasteiger partial charge >= 0.3 is 7.82 Å². The predicted molar refractivity (Wildman–Crippen MR) is 360 cm³/mol. The quantitative estimate of drug-likeness (QED) is 0.0243. The number of nitrogens with zero attached hydrogens (tertiary/aromatic N) is 1. The molecule has 0 aliphatic rings. The molecule has 0 saturated carbocycles. The van der Waals surface area contributed by atoms with E-state index in [1.807, 2.05) is 27.2 Å². The lowest BCUT2D eigenvalue weighted by Crippen LogP contribution is -2.45. The lowest BCUT2D eigenvalue weighted by Gasteiger charge is -2.25. The maximum absolute atomic E-state index is 13.1. The van der Waals surface area contributed by atoms with Crippen molar-refractivity contribution in [2.75, 3.05) is 40.9 Å². The second kappa shape index (κ2) is 63.2. The molecule has 0 rings (SSSR count). The van der Waals surface area contributed by atoms with Gasteiger partial charge in [-0.15, -0.1) is 0 Å². The maximum atomic E-state index is 13.1. The number of quaternary nitrogens is 1. The first-order valence-corrected chi connectivity index (χ1v) is 36.5. The Labute approximate surface area is 509 Å². The zero-order valence-electron chi connectivity index (χ0n) is 54.7. The summed E-state index contributed by atoms with van der Waals surface area (Å²) in [6.07, 6.45) is 90.2. The summed E-state index contributed by atoms with van der Waals surface area (Å²) >= 11 is 0. The Kier molecular flexibility index (Phi) is 61.4. The van der Waals surface area contributed by atoms with E-state index in [0.717, 1.165) is 70.6 Å². The fraction of sp³-hybridized carbons (Fsp3) is 0.795. The highest BCUT2D eigenvalue weighted by atomic mass is 31.2. The average molecular weight is 1170 g/mol. The number of nitrogens with one attached hydrogen (secondary N) is 1. The molecule has 82 heavy (non-hydrogen) atoms. The molecular formula is C73H136N2O6P+. The number of amides is 1. The number of hydrogen-bond acceptors (Lipinski definition) is 5. The molecule has 0 aromatic rings. The molecule has 0 aliphatic carbocycles. The van der Waals surface area contributed by atoms with E-state index in [1.54, 1.807) is 6.08 Å². The molecule has 0 radical (unpaired) electrons. The number of likely N-dealkylation sites (N-methyl/N-ethyl adjacent to an activating group) is 1. The lowest BCUT2D eigenvalue weighted by molar-refractivity contribution is -0.870. The maximum Gasteiger partial charge on any atom is 0.472 e. The SMILES string of the molecule is CC/C=C\C/C=C\C/C=C\C/C=C\C/C=C\CCCCCCCCCCCCCCCCCC(=O)NC(COP(=O)(O)OCC[N+](C)(C)C)C(O)/C=C/CC/C=C/CCCCCCCCCCCCCCCCCCCCCCCCC. The van der Waals surface area contributed by atoms with Crippen molar-refractivity contribution < 1.29 is 32.9 Å². The molecule has 3 N–H and O–H groups in total. The molecule has 0 bridgehead atoms. The number of hydrogen-bond donors (Lipinski definition) is 3. The van der Waals surface area contributed by atoms with Gasteiger partial charge in [-0.05, 0) is 77.0 Å². The predicted octanol–water partition coefficient (Wildman–Crippen LogP) is 22.3. The van der Waals surface area contributed by atoms with Crippen molar-refractivity contribution in [1.29, 1.82) is 0 Å². The smallest absolute Gasteiger partial charge is 0.387 e. The summed E-state index contributed by atoms with van der Waals surface area (Å²) in [5.74, 6) is -0.186. The number of unbranched alkanes of at least 4 members (excludes halogenated alkanes) is 39. The molecule has 0 heterocycles. The van der Waals surface area contributed by atoms with E-state index < -0.39 is 20.0 Å². The topological polar surface area (TPSA) is 105 Å². The summed E-state index contributed by atoms with van der Waals surface area (Å²) in [7, 11) is 1.56. The highest BCUT2D eigenvalue weighted by molar-refractivity contribution is 7.47. The second-order valence-corrected chi connectivity index (χ2v) is 26.3. The number of phosphoric acid groups is 1. The highest BCUT2D eigenvalue weighted by Gasteiger charge is 2.28. The molecule has 1 amide bonds. The third-order valence-electron chi connectivity index (χ3n) is 15.6. The summed E-state index contributed by atoms with van der Waals surface area (Å²) < 4.78 is 23.8. The minimum absolute atomic E-state index is 0.0542. The van der Waals surface area contributed by atoms with Gasteiger partial charge in [0.2, 0.25) is 5.91 Å². The first kappa shape index (κ1) is 79.7. The van der Waals surface area contributed by atoms with Crippen LogP contribution in [0.3, 0.4) is 0 Å². The van der Waals surface area contributed by atoms with Crippen LogP contribution in [0.1, 0.15) is 322 Å². The molecule has 3 unspecified atom stereocenters.